The highest BCUT2D eigenvalue weighted by Crippen LogP contribution is 2.35. The Kier molecular flexibility index (Phi) is 7.54. The average Bonchev–Trinajstić information content (AvgIpc) is 3.42. The number of rotatable bonds is 9. The molecule has 0 aliphatic carbocycles. The van der Waals surface area contributed by atoms with Gasteiger partial charge in [0.1, 0.15) is 11.8 Å². The summed E-state index contributed by atoms with van der Waals surface area (Å²) in [4.78, 5) is 29.4. The lowest BCUT2D eigenvalue weighted by atomic mass is 10.0. The Labute approximate surface area is 221 Å². The highest BCUT2D eigenvalue weighted by molar-refractivity contribution is 5.98. The third-order valence-corrected chi connectivity index (χ3v) is 6.35. The van der Waals surface area contributed by atoms with Crippen molar-refractivity contribution < 1.29 is 23.8 Å². The quantitative estimate of drug-likeness (QED) is 0.329. The van der Waals surface area contributed by atoms with E-state index in [-0.39, 0.29) is 31.6 Å². The van der Waals surface area contributed by atoms with E-state index in [1.165, 1.54) is 0 Å². The summed E-state index contributed by atoms with van der Waals surface area (Å²) < 4.78 is 16.2. The van der Waals surface area contributed by atoms with Crippen molar-refractivity contribution >= 4 is 17.5 Å². The third-order valence-electron chi connectivity index (χ3n) is 6.35. The summed E-state index contributed by atoms with van der Waals surface area (Å²) >= 11 is 0. The van der Waals surface area contributed by atoms with Crippen molar-refractivity contribution in [2.45, 2.75) is 19.0 Å². The van der Waals surface area contributed by atoms with Gasteiger partial charge in [0, 0.05) is 18.3 Å². The molecule has 0 fully saturated rings. The zero-order chi connectivity index (χ0) is 26.3. The predicted octanol–water partition coefficient (Wildman–Crippen LogP) is 5.38. The highest BCUT2D eigenvalue weighted by Gasteiger charge is 2.32. The van der Waals surface area contributed by atoms with Gasteiger partial charge in [-0.15, -0.1) is 0 Å². The van der Waals surface area contributed by atoms with Gasteiger partial charge in [0.25, 0.3) is 5.91 Å². The minimum absolute atomic E-state index is 0.139. The van der Waals surface area contributed by atoms with Crippen LogP contribution in [0.1, 0.15) is 22.7 Å². The van der Waals surface area contributed by atoms with Crippen LogP contribution in [0.4, 0.5) is 5.69 Å². The number of hydrogen-bond acceptors (Lipinski definition) is 5. The van der Waals surface area contributed by atoms with Gasteiger partial charge in [0.05, 0.1) is 13.5 Å². The number of fused-ring (bicyclic) bond motifs is 1. The molecule has 4 aromatic carbocycles. The van der Waals surface area contributed by atoms with Crippen LogP contribution in [-0.4, -0.2) is 30.6 Å². The van der Waals surface area contributed by atoms with Gasteiger partial charge in [-0.25, -0.2) is 0 Å². The molecule has 0 radical (unpaired) electrons. The molecule has 0 bridgehead atoms. The summed E-state index contributed by atoms with van der Waals surface area (Å²) in [7, 11) is 1.59. The molecule has 192 valence electrons. The molecule has 1 aliphatic rings. The van der Waals surface area contributed by atoms with Crippen molar-refractivity contribution in [2.75, 3.05) is 19.2 Å². The van der Waals surface area contributed by atoms with E-state index in [9.17, 15) is 9.59 Å². The number of anilines is 1. The number of methoxy groups -OCH3 is 1. The maximum atomic E-state index is 13.9. The molecule has 2 amide bonds. The van der Waals surface area contributed by atoms with Crippen LogP contribution >= 0.6 is 0 Å². The maximum absolute atomic E-state index is 13.9. The van der Waals surface area contributed by atoms with Gasteiger partial charge >= 0.3 is 0 Å². The molecule has 5 rings (SSSR count). The molecule has 0 aromatic heterocycles. The second kappa shape index (κ2) is 11.5. The summed E-state index contributed by atoms with van der Waals surface area (Å²) in [5, 5.41) is 2.98. The molecule has 0 spiro atoms. The summed E-state index contributed by atoms with van der Waals surface area (Å²) in [6.45, 7) is 0.401. The number of ether oxygens (including phenoxy) is 3. The minimum atomic E-state index is -0.900. The standard InChI is InChI=1S/C31H28N2O5/c1-36-26-15-12-24(13-16-26)30(31(35)32-25-14-17-27-28(19-25)38-21-37-27)33(20-23-10-6-3-7-11-23)29(34)18-22-8-4-2-5-9-22/h2-17,19,30H,18,20-21H2,1H3,(H,32,35). The van der Waals surface area contributed by atoms with Gasteiger partial charge in [-0.2, -0.15) is 0 Å². The topological polar surface area (TPSA) is 77.1 Å². The van der Waals surface area contributed by atoms with Gasteiger partial charge < -0.3 is 24.4 Å². The van der Waals surface area contributed by atoms with Crippen molar-refractivity contribution in [3.63, 3.8) is 0 Å². The number of nitrogens with zero attached hydrogens (tertiary/aromatic N) is 1. The largest absolute Gasteiger partial charge is 0.497 e. The van der Waals surface area contributed by atoms with Crippen molar-refractivity contribution in [3.05, 3.63) is 120 Å². The van der Waals surface area contributed by atoms with E-state index < -0.39 is 6.04 Å². The number of hydrogen-bond donors (Lipinski definition) is 1. The normalized spacial score (nSPS) is 12.4. The predicted molar refractivity (Wildman–Crippen MR) is 144 cm³/mol. The van der Waals surface area contributed by atoms with Crippen molar-refractivity contribution in [3.8, 4) is 17.2 Å². The molecule has 1 unspecified atom stereocenters. The van der Waals surface area contributed by atoms with Gasteiger partial charge in [0.15, 0.2) is 11.5 Å². The molecule has 0 saturated heterocycles. The summed E-state index contributed by atoms with van der Waals surface area (Å²) in [5.41, 5.74) is 3.01. The van der Waals surface area contributed by atoms with Gasteiger partial charge in [-0.1, -0.05) is 72.8 Å². The highest BCUT2D eigenvalue weighted by atomic mass is 16.7. The molecule has 1 atom stereocenters. The first kappa shape index (κ1) is 24.9. The van der Waals surface area contributed by atoms with Crippen LogP contribution in [0.25, 0.3) is 0 Å². The first-order valence-corrected chi connectivity index (χ1v) is 12.3. The Morgan fingerprint density at radius 1 is 0.842 bits per heavy atom. The van der Waals surface area contributed by atoms with Crippen LogP contribution in [0.3, 0.4) is 0 Å². The van der Waals surface area contributed by atoms with E-state index in [0.717, 1.165) is 11.1 Å². The van der Waals surface area contributed by atoms with Crippen LogP contribution in [0.2, 0.25) is 0 Å². The van der Waals surface area contributed by atoms with Crippen molar-refractivity contribution in [1.29, 1.82) is 0 Å². The number of carbonyl (C=O) groups excluding carboxylic acids is 2. The second-order valence-corrected chi connectivity index (χ2v) is 8.90. The Morgan fingerprint density at radius 3 is 2.18 bits per heavy atom. The summed E-state index contributed by atoms with van der Waals surface area (Å²) in [6.07, 6.45) is 0.164. The molecular weight excluding hydrogens is 480 g/mol. The van der Waals surface area contributed by atoms with Crippen LogP contribution in [-0.2, 0) is 22.6 Å². The Morgan fingerprint density at radius 2 is 1.50 bits per heavy atom. The number of carbonyl (C=O) groups is 2. The molecule has 1 heterocycles. The Bertz CT molecular complexity index is 1390. The first-order valence-electron chi connectivity index (χ1n) is 12.3. The second-order valence-electron chi connectivity index (χ2n) is 8.90. The van der Waals surface area contributed by atoms with Crippen molar-refractivity contribution in [1.82, 2.24) is 4.90 Å². The fourth-order valence-corrected chi connectivity index (χ4v) is 4.42. The number of nitrogens with one attached hydrogen (secondary N) is 1. The van der Waals surface area contributed by atoms with E-state index in [0.29, 0.717) is 28.5 Å². The van der Waals surface area contributed by atoms with Crippen LogP contribution in [0, 0.1) is 0 Å². The van der Waals surface area contributed by atoms with Gasteiger partial charge in [-0.05, 0) is 41.0 Å². The van der Waals surface area contributed by atoms with E-state index >= 15 is 0 Å². The van der Waals surface area contributed by atoms with E-state index in [1.54, 1.807) is 42.3 Å². The average molecular weight is 509 g/mol. The molecule has 7 heteroatoms. The van der Waals surface area contributed by atoms with E-state index in [4.69, 9.17) is 14.2 Å². The lowest BCUT2D eigenvalue weighted by molar-refractivity contribution is -0.139. The SMILES string of the molecule is COc1ccc(C(C(=O)Nc2ccc3c(c2)OCO3)N(Cc2ccccc2)C(=O)Cc2ccccc2)cc1. The maximum Gasteiger partial charge on any atom is 0.251 e. The smallest absolute Gasteiger partial charge is 0.251 e. The van der Waals surface area contributed by atoms with E-state index in [1.807, 2.05) is 72.8 Å². The lowest BCUT2D eigenvalue weighted by Gasteiger charge is -2.32. The summed E-state index contributed by atoms with van der Waals surface area (Å²) in [6, 6.07) is 30.7. The molecule has 1 aliphatic heterocycles. The molecule has 7 nitrogen and oxygen atoms in total. The fourth-order valence-electron chi connectivity index (χ4n) is 4.42. The zero-order valence-electron chi connectivity index (χ0n) is 21.0. The van der Waals surface area contributed by atoms with Crippen molar-refractivity contribution in [2.24, 2.45) is 0 Å². The molecule has 0 saturated carbocycles. The fraction of sp³-hybridized carbons (Fsp3) is 0.161. The van der Waals surface area contributed by atoms with E-state index in [2.05, 4.69) is 5.32 Å². The number of benzene rings is 4. The number of amides is 2. The molecule has 1 N–H and O–H groups in total. The first-order chi connectivity index (χ1) is 18.6. The Hall–Kier alpha value is -4.78. The van der Waals surface area contributed by atoms with Gasteiger partial charge in [-0.3, -0.25) is 9.59 Å². The van der Waals surface area contributed by atoms with Crippen LogP contribution in [0.15, 0.2) is 103 Å². The van der Waals surface area contributed by atoms with Crippen LogP contribution < -0.4 is 19.5 Å². The zero-order valence-corrected chi connectivity index (χ0v) is 21.0. The monoisotopic (exact) mass is 508 g/mol. The summed E-state index contributed by atoms with van der Waals surface area (Å²) in [5.74, 6) is 1.34. The Balaban J connectivity index is 1.51. The molecular formula is C31H28N2O5. The lowest BCUT2D eigenvalue weighted by Crippen LogP contribution is -2.41. The molecule has 4 aromatic rings. The molecule has 38 heavy (non-hydrogen) atoms. The van der Waals surface area contributed by atoms with Gasteiger partial charge in [0.2, 0.25) is 12.7 Å². The third kappa shape index (κ3) is 5.78. The van der Waals surface area contributed by atoms with Crippen LogP contribution in [0.5, 0.6) is 17.2 Å². The minimum Gasteiger partial charge on any atom is -0.497 e.